The Morgan fingerprint density at radius 3 is 1.25 bits per heavy atom. The van der Waals surface area contributed by atoms with Crippen molar-refractivity contribution in [3.8, 4) is 0 Å². The molecule has 2 N–H and O–H groups in total. The van der Waals surface area contributed by atoms with Crippen molar-refractivity contribution in [3.63, 3.8) is 0 Å². The van der Waals surface area contributed by atoms with Gasteiger partial charge >= 0.3 is 30.0 Å². The van der Waals surface area contributed by atoms with Gasteiger partial charge in [-0.05, 0) is 12.8 Å². The fourth-order valence-electron chi connectivity index (χ4n) is 1.80. The van der Waals surface area contributed by atoms with E-state index in [9.17, 15) is 48.3 Å². The minimum atomic E-state index is -6.46. The Morgan fingerprint density at radius 2 is 0.875 bits per heavy atom. The predicted molar refractivity (Wildman–Crippen MR) is 62.3 cm³/mol. The highest BCUT2D eigenvalue weighted by Gasteiger charge is 2.79. The van der Waals surface area contributed by atoms with Crippen molar-refractivity contribution in [3.05, 3.63) is 0 Å². The monoisotopic (exact) mass is 383 g/mol. The third-order valence-electron chi connectivity index (χ3n) is 3.22. The van der Waals surface area contributed by atoms with Crippen molar-refractivity contribution >= 4 is 0 Å². The minimum absolute atomic E-state index is 0.0266. The first-order valence-corrected chi connectivity index (χ1v) is 6.82. The van der Waals surface area contributed by atoms with Crippen LogP contribution in [-0.4, -0.2) is 30.0 Å². The molecule has 1 nitrogen and oxygen atoms in total. The van der Waals surface area contributed by atoms with Crippen LogP contribution in [0.2, 0.25) is 0 Å². The highest BCUT2D eigenvalue weighted by molar-refractivity contribution is 5.01. The van der Waals surface area contributed by atoms with Crippen LogP contribution in [0.15, 0.2) is 0 Å². The molecule has 0 saturated carbocycles. The summed E-state index contributed by atoms with van der Waals surface area (Å²) in [4.78, 5) is 0. The zero-order chi connectivity index (χ0) is 19.4. The van der Waals surface area contributed by atoms with Gasteiger partial charge in [0.05, 0.1) is 0 Å². The molecule has 146 valence electrons. The maximum Gasteiger partial charge on any atom is 0.392 e. The van der Waals surface area contributed by atoms with Crippen LogP contribution in [0.25, 0.3) is 0 Å². The van der Waals surface area contributed by atoms with Crippen molar-refractivity contribution in [1.82, 2.24) is 0 Å². The summed E-state index contributed by atoms with van der Waals surface area (Å²) in [5, 5.41) is 0. The summed E-state index contributed by atoms with van der Waals surface area (Å²) in [6.45, 7) is 0. The topological polar surface area (TPSA) is 26.0 Å². The van der Waals surface area contributed by atoms with Crippen LogP contribution in [0.5, 0.6) is 0 Å². The molecule has 0 radical (unpaired) electrons. The summed E-state index contributed by atoms with van der Waals surface area (Å²) in [7, 11) is 0. The third-order valence-corrected chi connectivity index (χ3v) is 3.22. The smallest absolute Gasteiger partial charge is 0.267 e. The van der Waals surface area contributed by atoms with Gasteiger partial charge in [0.25, 0.3) is 0 Å². The molecule has 0 aromatic heterocycles. The van der Waals surface area contributed by atoms with E-state index in [1.165, 1.54) is 0 Å². The van der Waals surface area contributed by atoms with Crippen molar-refractivity contribution in [2.45, 2.75) is 74.9 Å². The molecule has 0 bridgehead atoms. The first-order chi connectivity index (χ1) is 10.5. The van der Waals surface area contributed by atoms with Gasteiger partial charge in [-0.1, -0.05) is 19.3 Å². The molecule has 0 saturated heterocycles. The Kier molecular flexibility index (Phi) is 7.35. The van der Waals surface area contributed by atoms with E-state index in [2.05, 4.69) is 5.73 Å². The van der Waals surface area contributed by atoms with E-state index in [0.29, 0.717) is 0 Å². The third kappa shape index (κ3) is 5.92. The Hall–Kier alpha value is -0.810. The van der Waals surface area contributed by atoms with Crippen LogP contribution in [0.4, 0.5) is 48.3 Å². The average molecular weight is 383 g/mol. The molecule has 12 heteroatoms. The highest BCUT2D eigenvalue weighted by atomic mass is 19.4. The molecule has 0 aromatic carbocycles. The fourth-order valence-corrected chi connectivity index (χ4v) is 1.80. The van der Waals surface area contributed by atoms with Crippen molar-refractivity contribution in [2.24, 2.45) is 5.73 Å². The molecule has 0 rings (SSSR count). The van der Waals surface area contributed by atoms with E-state index in [-0.39, 0.29) is 25.7 Å². The van der Waals surface area contributed by atoms with E-state index in [4.69, 9.17) is 0 Å². The number of alkyl halides is 11. The second-order valence-corrected chi connectivity index (χ2v) is 5.36. The van der Waals surface area contributed by atoms with E-state index in [0.717, 1.165) is 0 Å². The first kappa shape index (κ1) is 23.2. The summed E-state index contributed by atoms with van der Waals surface area (Å²) < 4.78 is 138. The van der Waals surface area contributed by atoms with Crippen LogP contribution >= 0.6 is 0 Å². The van der Waals surface area contributed by atoms with Gasteiger partial charge in [-0.3, -0.25) is 5.73 Å². The van der Waals surface area contributed by atoms with Gasteiger partial charge in [0.15, 0.2) is 0 Å². The summed E-state index contributed by atoms with van der Waals surface area (Å²) in [6.07, 6.45) is -8.65. The van der Waals surface area contributed by atoms with Crippen LogP contribution in [0.1, 0.15) is 44.9 Å². The maximum atomic E-state index is 13.2. The second kappa shape index (κ2) is 7.61. The summed E-state index contributed by atoms with van der Waals surface area (Å²) in [6, 6.07) is -5.85. The number of hydrogen-bond acceptors (Lipinski definition) is 1. The number of unbranched alkanes of at least 4 members (excludes halogenated alkanes) is 4. The normalized spacial score (nSPS) is 15.0. The molecule has 0 aromatic rings. The van der Waals surface area contributed by atoms with E-state index in [1.54, 1.807) is 0 Å². The fraction of sp³-hybridized carbons (Fsp3) is 1.00. The van der Waals surface area contributed by atoms with Crippen LogP contribution in [-0.2, 0) is 0 Å². The van der Waals surface area contributed by atoms with E-state index < -0.39 is 49.3 Å². The Morgan fingerprint density at radius 1 is 0.500 bits per heavy atom. The Balaban J connectivity index is 4.44. The number of hydrogen-bond donors (Lipinski definition) is 1. The van der Waals surface area contributed by atoms with Crippen molar-refractivity contribution in [2.75, 3.05) is 0 Å². The van der Waals surface area contributed by atoms with E-state index >= 15 is 0 Å². The molecule has 0 unspecified atom stereocenters. The number of rotatable bonds is 10. The largest absolute Gasteiger partial charge is 0.392 e. The Labute approximate surface area is 130 Å². The lowest BCUT2D eigenvalue weighted by molar-refractivity contribution is -0.365. The van der Waals surface area contributed by atoms with Gasteiger partial charge in [0, 0.05) is 12.8 Å². The molecule has 0 aliphatic carbocycles. The zero-order valence-electron chi connectivity index (χ0n) is 12.2. The lowest BCUT2D eigenvalue weighted by Crippen LogP contribution is -2.65. The van der Waals surface area contributed by atoms with Gasteiger partial charge in [0.1, 0.15) is 0 Å². The number of nitrogens with two attached hydrogens (primary N) is 1. The molecular weight excluding hydrogens is 367 g/mol. The second-order valence-electron chi connectivity index (χ2n) is 5.36. The predicted octanol–water partition coefficient (Wildman–Crippen LogP) is 5.74. The van der Waals surface area contributed by atoms with Gasteiger partial charge in [-0.2, -0.15) is 48.3 Å². The van der Waals surface area contributed by atoms with Gasteiger partial charge in [-0.25, -0.2) is 0 Å². The summed E-state index contributed by atoms with van der Waals surface area (Å²) in [5.41, 5.74) is 3.55. The van der Waals surface area contributed by atoms with Crippen LogP contribution in [0, 0.1) is 0 Å². The quantitative estimate of drug-likeness (QED) is 0.291. The summed E-state index contributed by atoms with van der Waals surface area (Å²) >= 11 is 0. The molecule has 0 spiro atoms. The standard InChI is InChI=1S/C12H16F11N/c13-8(14,10(18,19)11(20,21)12(22,23)24)6-4-2-1-3-5-7-9(15,16)17/h1-7,24H2. The van der Waals surface area contributed by atoms with E-state index in [1.807, 2.05) is 0 Å². The van der Waals surface area contributed by atoms with Gasteiger partial charge in [0.2, 0.25) is 0 Å². The average Bonchev–Trinajstić information content (AvgIpc) is 2.34. The molecule has 0 aliphatic heterocycles. The molecule has 24 heavy (non-hydrogen) atoms. The van der Waals surface area contributed by atoms with Gasteiger partial charge in [-0.15, -0.1) is 0 Å². The van der Waals surface area contributed by atoms with Crippen LogP contribution < -0.4 is 5.73 Å². The van der Waals surface area contributed by atoms with Gasteiger partial charge < -0.3 is 0 Å². The Bertz CT molecular complexity index is 383. The lowest BCUT2D eigenvalue weighted by atomic mass is 9.97. The minimum Gasteiger partial charge on any atom is -0.267 e. The summed E-state index contributed by atoms with van der Waals surface area (Å²) in [5.74, 6) is -18.3. The SMILES string of the molecule is NC(F)(F)C(F)(F)C(F)(F)C(F)(F)CCCCCCCC(F)(F)F. The van der Waals surface area contributed by atoms with Crippen molar-refractivity contribution in [1.29, 1.82) is 0 Å². The van der Waals surface area contributed by atoms with Crippen molar-refractivity contribution < 1.29 is 48.3 Å². The molecule has 0 amide bonds. The first-order valence-electron chi connectivity index (χ1n) is 6.82. The van der Waals surface area contributed by atoms with Crippen LogP contribution in [0.3, 0.4) is 0 Å². The molecule has 0 atom stereocenters. The molecular formula is C12H16F11N. The zero-order valence-corrected chi connectivity index (χ0v) is 12.2. The highest BCUT2D eigenvalue weighted by Crippen LogP contribution is 2.52. The molecule has 0 aliphatic rings. The number of halogens is 11. The maximum absolute atomic E-state index is 13.2. The molecule has 0 fully saturated rings. The lowest BCUT2D eigenvalue weighted by Gasteiger charge is -2.35. The molecule has 0 heterocycles.